The number of nitrogens with zero attached hydrogens (tertiary/aromatic N) is 4. The van der Waals surface area contributed by atoms with Gasteiger partial charge in [0.1, 0.15) is 11.1 Å². The molecular formula is C87H52N4O. The van der Waals surface area contributed by atoms with Crippen molar-refractivity contribution in [1.82, 2.24) is 14.5 Å². The van der Waals surface area contributed by atoms with E-state index in [-0.39, 0.29) is 0 Å². The molecule has 0 fully saturated rings. The highest BCUT2D eigenvalue weighted by molar-refractivity contribution is 6.35. The van der Waals surface area contributed by atoms with Crippen molar-refractivity contribution in [3.63, 3.8) is 0 Å². The summed E-state index contributed by atoms with van der Waals surface area (Å²) >= 11 is 0. The van der Waals surface area contributed by atoms with E-state index in [2.05, 4.69) is 313 Å². The van der Waals surface area contributed by atoms with Crippen molar-refractivity contribution in [3.8, 4) is 39.6 Å². The molecule has 426 valence electrons. The standard InChI is InChI=1S/C87H52N4O/c1-3-17-54(18-4-1)78-51-79(55-19-5-2-6-20-55)89-87(88-78)91-84-72(43-42-71-67-28-10-9-26-65(67)66-27-11-12-29-70(66)83(71)84)73-44-45-74-77-49-59(36-47-81(77)92-86(74)85(73)91)63-30-15-24-58-48-60(38-41-64(58)63)90(80-46-35-57-22-13-21-56-23-14-31-75(80)82(56)57)61-37-32-53-34-39-68-62-25-8-7-16-52(62)33-40-69(68)76(53)50-61/h1-30,32-51H,31H2. The number of hydrogen-bond donors (Lipinski definition) is 0. The van der Waals surface area contributed by atoms with E-state index >= 15 is 0 Å². The molecule has 0 bridgehead atoms. The number of furan rings is 1. The van der Waals surface area contributed by atoms with Crippen LogP contribution in [-0.4, -0.2) is 14.5 Å². The molecule has 5 nitrogen and oxygen atoms in total. The lowest BCUT2D eigenvalue weighted by molar-refractivity contribution is 0.671. The van der Waals surface area contributed by atoms with E-state index in [0.717, 1.165) is 106 Å². The van der Waals surface area contributed by atoms with Crippen molar-refractivity contribution in [2.24, 2.45) is 0 Å². The Kier molecular flexibility index (Phi) is 10.9. The van der Waals surface area contributed by atoms with Crippen LogP contribution in [0.1, 0.15) is 11.1 Å². The van der Waals surface area contributed by atoms with Gasteiger partial charge in [-0.15, -0.1) is 0 Å². The quantitative estimate of drug-likeness (QED) is 0.149. The first-order valence-corrected chi connectivity index (χ1v) is 31.7. The molecule has 0 atom stereocenters. The van der Waals surface area contributed by atoms with Gasteiger partial charge in [-0.3, -0.25) is 4.57 Å². The fourth-order valence-corrected chi connectivity index (χ4v) is 15.6. The van der Waals surface area contributed by atoms with Crippen LogP contribution in [0, 0.1) is 0 Å². The third-order valence-corrected chi connectivity index (χ3v) is 19.7. The van der Waals surface area contributed by atoms with E-state index in [1.807, 2.05) is 0 Å². The lowest BCUT2D eigenvalue weighted by atomic mass is 9.90. The van der Waals surface area contributed by atoms with Crippen molar-refractivity contribution in [3.05, 3.63) is 308 Å². The zero-order valence-electron chi connectivity index (χ0n) is 49.8. The number of aromatic nitrogens is 3. The second kappa shape index (κ2) is 19.7. The number of benzene rings is 16. The van der Waals surface area contributed by atoms with Gasteiger partial charge in [-0.1, -0.05) is 249 Å². The highest BCUT2D eigenvalue weighted by atomic mass is 16.3. The number of fused-ring (bicyclic) bond motifs is 20. The molecule has 19 aromatic rings. The van der Waals surface area contributed by atoms with Crippen LogP contribution < -0.4 is 4.90 Å². The molecule has 0 saturated carbocycles. The normalized spacial score (nSPS) is 12.5. The van der Waals surface area contributed by atoms with Crippen LogP contribution >= 0.6 is 0 Å². The summed E-state index contributed by atoms with van der Waals surface area (Å²) < 4.78 is 9.62. The minimum Gasteiger partial charge on any atom is -0.454 e. The molecule has 92 heavy (non-hydrogen) atoms. The largest absolute Gasteiger partial charge is 0.454 e. The van der Waals surface area contributed by atoms with Crippen molar-refractivity contribution < 1.29 is 4.42 Å². The summed E-state index contributed by atoms with van der Waals surface area (Å²) in [6, 6.07) is 106. The number of allylic oxidation sites excluding steroid dienone is 1. The fraction of sp³-hybridized carbons (Fsp3) is 0.0115. The first-order chi connectivity index (χ1) is 45.6. The summed E-state index contributed by atoms with van der Waals surface area (Å²) in [5, 5.41) is 23.7. The van der Waals surface area contributed by atoms with Gasteiger partial charge in [-0.2, -0.15) is 0 Å². The van der Waals surface area contributed by atoms with Gasteiger partial charge in [-0.25, -0.2) is 9.97 Å². The van der Waals surface area contributed by atoms with E-state index in [9.17, 15) is 0 Å². The second-order valence-corrected chi connectivity index (χ2v) is 24.6. The van der Waals surface area contributed by atoms with Gasteiger partial charge in [0.2, 0.25) is 5.95 Å². The van der Waals surface area contributed by atoms with Gasteiger partial charge in [0.15, 0.2) is 5.58 Å². The molecule has 16 aromatic carbocycles. The molecule has 3 aromatic heterocycles. The smallest absolute Gasteiger partial charge is 0.235 e. The van der Waals surface area contributed by atoms with E-state index in [0.29, 0.717) is 5.95 Å². The Morgan fingerprint density at radius 2 is 0.891 bits per heavy atom. The van der Waals surface area contributed by atoms with Crippen molar-refractivity contribution in [2.45, 2.75) is 6.42 Å². The lowest BCUT2D eigenvalue weighted by Gasteiger charge is -2.30. The number of rotatable bonds is 7. The van der Waals surface area contributed by atoms with E-state index < -0.39 is 0 Å². The maximum Gasteiger partial charge on any atom is 0.235 e. The van der Waals surface area contributed by atoms with Crippen molar-refractivity contribution in [1.29, 1.82) is 0 Å². The van der Waals surface area contributed by atoms with Gasteiger partial charge in [-0.05, 0) is 164 Å². The topological polar surface area (TPSA) is 47.1 Å². The fourth-order valence-electron chi connectivity index (χ4n) is 15.6. The second-order valence-electron chi connectivity index (χ2n) is 24.6. The molecule has 0 spiro atoms. The highest BCUT2D eigenvalue weighted by Crippen LogP contribution is 2.49. The van der Waals surface area contributed by atoms with Crippen LogP contribution in [-0.2, 0) is 6.42 Å². The van der Waals surface area contributed by atoms with Crippen molar-refractivity contribution >= 4 is 153 Å². The third kappa shape index (κ3) is 7.54. The molecule has 0 radical (unpaired) electrons. The predicted molar refractivity (Wildman–Crippen MR) is 387 cm³/mol. The molecule has 0 N–H and O–H groups in total. The zero-order chi connectivity index (χ0) is 60.1. The Labute approximate surface area is 528 Å². The zero-order valence-corrected chi connectivity index (χ0v) is 49.8. The Hall–Kier alpha value is -12.2. The molecule has 1 aliphatic rings. The first kappa shape index (κ1) is 50.8. The lowest BCUT2D eigenvalue weighted by Crippen LogP contribution is -2.13. The molecule has 20 rings (SSSR count). The summed E-state index contributed by atoms with van der Waals surface area (Å²) in [5.41, 5.74) is 15.5. The Morgan fingerprint density at radius 3 is 1.67 bits per heavy atom. The molecule has 1 aliphatic carbocycles. The van der Waals surface area contributed by atoms with Crippen LogP contribution in [0.15, 0.2) is 302 Å². The van der Waals surface area contributed by atoms with Gasteiger partial charge >= 0.3 is 0 Å². The molecule has 0 unspecified atom stereocenters. The summed E-state index contributed by atoms with van der Waals surface area (Å²) in [6.07, 6.45) is 5.44. The maximum atomic E-state index is 7.30. The Morgan fingerprint density at radius 1 is 0.337 bits per heavy atom. The molecule has 0 aliphatic heterocycles. The SMILES string of the molecule is C1=Cc2cccc3ccc(N(c4ccc5c(-c6ccc7oc8c(ccc9c%10ccc%11c%12ccccc%12c%12ccccc%12c%11c%10n(-c%10nc(-c%11ccccc%11)cc(-c%11ccccc%11)n%10)c98)c7c6)cccc5c4)c4ccc5ccc6c7ccccc7ccc6c5c4)c(c23)C1. The summed E-state index contributed by atoms with van der Waals surface area (Å²) in [4.78, 5) is 13.7. The van der Waals surface area contributed by atoms with Gasteiger partial charge in [0, 0.05) is 49.4 Å². The molecule has 5 heteroatoms. The molecule has 0 saturated heterocycles. The van der Waals surface area contributed by atoms with Gasteiger partial charge < -0.3 is 9.32 Å². The number of anilines is 3. The van der Waals surface area contributed by atoms with Crippen LogP contribution in [0.5, 0.6) is 0 Å². The monoisotopic (exact) mass is 1170 g/mol. The maximum absolute atomic E-state index is 7.30. The minimum absolute atomic E-state index is 0.571. The van der Waals surface area contributed by atoms with Crippen LogP contribution in [0.2, 0.25) is 0 Å². The summed E-state index contributed by atoms with van der Waals surface area (Å²) in [6.45, 7) is 0. The molecule has 0 amide bonds. The Bertz CT molecular complexity index is 6320. The van der Waals surface area contributed by atoms with Crippen LogP contribution in [0.4, 0.5) is 17.1 Å². The highest BCUT2D eigenvalue weighted by Gasteiger charge is 2.27. The molecular weight excluding hydrogens is 1120 g/mol. The Balaban J connectivity index is 0.792. The van der Waals surface area contributed by atoms with Gasteiger partial charge in [0.25, 0.3) is 0 Å². The van der Waals surface area contributed by atoms with Gasteiger partial charge in [0.05, 0.1) is 22.6 Å². The first-order valence-electron chi connectivity index (χ1n) is 31.7. The average Bonchev–Trinajstić information content (AvgIpc) is 1.49. The average molecular weight is 1170 g/mol. The van der Waals surface area contributed by atoms with E-state index in [1.165, 1.54) is 92.2 Å². The summed E-state index contributed by atoms with van der Waals surface area (Å²) in [7, 11) is 0. The molecule has 3 heterocycles. The number of hydrogen-bond acceptors (Lipinski definition) is 4. The van der Waals surface area contributed by atoms with E-state index in [4.69, 9.17) is 14.4 Å². The third-order valence-electron chi connectivity index (χ3n) is 19.7. The van der Waals surface area contributed by atoms with Crippen LogP contribution in [0.25, 0.3) is 176 Å². The summed E-state index contributed by atoms with van der Waals surface area (Å²) in [5.74, 6) is 0.571. The van der Waals surface area contributed by atoms with Crippen molar-refractivity contribution in [2.75, 3.05) is 4.90 Å². The predicted octanol–water partition coefficient (Wildman–Crippen LogP) is 23.7. The minimum atomic E-state index is 0.571. The van der Waals surface area contributed by atoms with Crippen LogP contribution in [0.3, 0.4) is 0 Å². The van der Waals surface area contributed by atoms with E-state index in [1.54, 1.807) is 0 Å².